The van der Waals surface area contributed by atoms with Gasteiger partial charge in [-0.2, -0.15) is 0 Å². The molecule has 0 saturated carbocycles. The lowest BCUT2D eigenvalue weighted by Crippen LogP contribution is -1.92. The van der Waals surface area contributed by atoms with Crippen molar-refractivity contribution in [1.29, 1.82) is 0 Å². The molecule has 0 aliphatic heterocycles. The van der Waals surface area contributed by atoms with Gasteiger partial charge in [-0.15, -0.1) is 11.8 Å². The Labute approximate surface area is 74.1 Å². The lowest BCUT2D eigenvalue weighted by Gasteiger charge is -2.09. The van der Waals surface area contributed by atoms with Crippen molar-refractivity contribution in [1.82, 2.24) is 0 Å². The SMILES string of the molecule is C=C/C(SC)=C(\C=C)C(C)C. The Kier molecular flexibility index (Phi) is 5.05. The van der Waals surface area contributed by atoms with Gasteiger partial charge in [0.25, 0.3) is 0 Å². The lowest BCUT2D eigenvalue weighted by atomic mass is 10.0. The van der Waals surface area contributed by atoms with Crippen LogP contribution in [0.4, 0.5) is 0 Å². The van der Waals surface area contributed by atoms with E-state index in [1.54, 1.807) is 11.8 Å². The van der Waals surface area contributed by atoms with Crippen LogP contribution in [0, 0.1) is 5.92 Å². The molecule has 1 heteroatoms. The monoisotopic (exact) mass is 168 g/mol. The van der Waals surface area contributed by atoms with Gasteiger partial charge in [0.15, 0.2) is 0 Å². The largest absolute Gasteiger partial charge is 0.129 e. The van der Waals surface area contributed by atoms with Crippen LogP contribution in [0.3, 0.4) is 0 Å². The number of allylic oxidation sites excluding steroid dienone is 3. The van der Waals surface area contributed by atoms with Crippen LogP contribution >= 0.6 is 11.8 Å². The predicted octanol–water partition coefficient (Wildman–Crippen LogP) is 3.63. The van der Waals surface area contributed by atoms with Gasteiger partial charge in [-0.1, -0.05) is 39.2 Å². The molecule has 0 atom stereocenters. The van der Waals surface area contributed by atoms with Crippen molar-refractivity contribution >= 4 is 11.8 Å². The minimum atomic E-state index is 0.535. The van der Waals surface area contributed by atoms with Crippen molar-refractivity contribution < 1.29 is 0 Å². The number of rotatable bonds is 4. The highest BCUT2D eigenvalue weighted by molar-refractivity contribution is 8.02. The van der Waals surface area contributed by atoms with Crippen molar-refractivity contribution in [3.8, 4) is 0 Å². The van der Waals surface area contributed by atoms with Crippen molar-refractivity contribution in [3.63, 3.8) is 0 Å². The summed E-state index contributed by atoms with van der Waals surface area (Å²) >= 11 is 1.72. The minimum absolute atomic E-state index is 0.535. The molecule has 0 fully saturated rings. The second kappa shape index (κ2) is 5.25. The van der Waals surface area contributed by atoms with E-state index < -0.39 is 0 Å². The molecule has 0 aromatic rings. The van der Waals surface area contributed by atoms with Gasteiger partial charge >= 0.3 is 0 Å². The van der Waals surface area contributed by atoms with E-state index in [2.05, 4.69) is 33.3 Å². The minimum Gasteiger partial charge on any atom is -0.129 e. The smallest absolute Gasteiger partial charge is 0.00976 e. The van der Waals surface area contributed by atoms with E-state index >= 15 is 0 Å². The average molecular weight is 168 g/mol. The first-order valence-corrected chi connectivity index (χ1v) is 4.92. The Morgan fingerprint density at radius 1 is 1.27 bits per heavy atom. The lowest BCUT2D eigenvalue weighted by molar-refractivity contribution is 0.790. The van der Waals surface area contributed by atoms with Gasteiger partial charge in [0.2, 0.25) is 0 Å². The average Bonchev–Trinajstić information content (AvgIpc) is 1.99. The second-order valence-corrected chi connectivity index (χ2v) is 3.43. The molecule has 11 heavy (non-hydrogen) atoms. The molecule has 0 unspecified atom stereocenters. The van der Waals surface area contributed by atoms with Crippen LogP contribution in [0.15, 0.2) is 35.8 Å². The molecule has 0 aromatic heterocycles. The first-order chi connectivity index (χ1) is 5.17. The zero-order valence-electron chi connectivity index (χ0n) is 7.55. The molecule has 0 aliphatic rings. The fourth-order valence-corrected chi connectivity index (χ4v) is 1.66. The van der Waals surface area contributed by atoms with Gasteiger partial charge in [0.1, 0.15) is 0 Å². The first-order valence-electron chi connectivity index (χ1n) is 3.70. The van der Waals surface area contributed by atoms with Crippen LogP contribution in [0.5, 0.6) is 0 Å². The van der Waals surface area contributed by atoms with Gasteiger partial charge in [-0.25, -0.2) is 0 Å². The second-order valence-electron chi connectivity index (χ2n) is 2.59. The molecule has 0 amide bonds. The summed E-state index contributed by atoms with van der Waals surface area (Å²) in [7, 11) is 0. The summed E-state index contributed by atoms with van der Waals surface area (Å²) in [6.07, 6.45) is 5.86. The third-order valence-corrected chi connectivity index (χ3v) is 2.37. The molecule has 62 valence electrons. The molecule has 0 spiro atoms. The van der Waals surface area contributed by atoms with E-state index in [0.29, 0.717) is 5.92 Å². The Bertz CT molecular complexity index is 175. The number of hydrogen-bond acceptors (Lipinski definition) is 1. The quantitative estimate of drug-likeness (QED) is 0.578. The molecular formula is C10H16S. The van der Waals surface area contributed by atoms with Crippen molar-refractivity contribution in [2.45, 2.75) is 13.8 Å². The van der Waals surface area contributed by atoms with Crippen molar-refractivity contribution in [3.05, 3.63) is 35.8 Å². The third kappa shape index (κ3) is 2.98. The maximum atomic E-state index is 3.78. The zero-order valence-corrected chi connectivity index (χ0v) is 8.37. The van der Waals surface area contributed by atoms with E-state index in [4.69, 9.17) is 0 Å². The molecule has 0 N–H and O–H groups in total. The maximum absolute atomic E-state index is 3.78. The van der Waals surface area contributed by atoms with E-state index in [0.717, 1.165) is 0 Å². The van der Waals surface area contributed by atoms with Crippen LogP contribution in [0.1, 0.15) is 13.8 Å². The zero-order chi connectivity index (χ0) is 8.85. The standard InChI is InChI=1S/C10H16S/c1-6-9(8(3)4)10(7-2)11-5/h6-8H,1-2H2,3-5H3/b10-9-. The summed E-state index contributed by atoms with van der Waals surface area (Å²) in [5.41, 5.74) is 1.28. The molecule has 0 heterocycles. The molecule has 0 radical (unpaired) electrons. The summed E-state index contributed by atoms with van der Waals surface area (Å²) in [6.45, 7) is 11.9. The van der Waals surface area contributed by atoms with Crippen LogP contribution in [-0.4, -0.2) is 6.26 Å². The summed E-state index contributed by atoms with van der Waals surface area (Å²) < 4.78 is 0. The highest BCUT2D eigenvalue weighted by Crippen LogP contribution is 2.23. The Hall–Kier alpha value is -0.430. The molecule has 0 nitrogen and oxygen atoms in total. The molecule has 0 bridgehead atoms. The normalized spacial score (nSPS) is 12.7. The summed E-state index contributed by atoms with van der Waals surface area (Å²) in [4.78, 5) is 1.23. The molecule has 0 saturated heterocycles. The molecule has 0 rings (SSSR count). The topological polar surface area (TPSA) is 0 Å². The fourth-order valence-electron chi connectivity index (χ4n) is 0.940. The van der Waals surface area contributed by atoms with Gasteiger partial charge in [-0.3, -0.25) is 0 Å². The Morgan fingerprint density at radius 2 is 1.82 bits per heavy atom. The number of hydrogen-bond donors (Lipinski definition) is 0. The molecular weight excluding hydrogens is 152 g/mol. The molecule has 0 aromatic carbocycles. The highest BCUT2D eigenvalue weighted by atomic mass is 32.2. The van der Waals surface area contributed by atoms with Crippen LogP contribution in [0.2, 0.25) is 0 Å². The van der Waals surface area contributed by atoms with E-state index in [1.165, 1.54) is 10.5 Å². The summed E-state index contributed by atoms with van der Waals surface area (Å²) in [6, 6.07) is 0. The van der Waals surface area contributed by atoms with Crippen LogP contribution in [-0.2, 0) is 0 Å². The fraction of sp³-hybridized carbons (Fsp3) is 0.400. The highest BCUT2D eigenvalue weighted by Gasteiger charge is 2.02. The van der Waals surface area contributed by atoms with Gasteiger partial charge in [0.05, 0.1) is 0 Å². The Balaban J connectivity index is 4.76. The number of thioether (sulfide) groups is 1. The van der Waals surface area contributed by atoms with Crippen molar-refractivity contribution in [2.75, 3.05) is 6.26 Å². The first kappa shape index (κ1) is 10.6. The van der Waals surface area contributed by atoms with Gasteiger partial charge in [-0.05, 0) is 17.7 Å². The summed E-state index contributed by atoms with van der Waals surface area (Å²) in [5.74, 6) is 0.535. The van der Waals surface area contributed by atoms with E-state index in [9.17, 15) is 0 Å². The van der Waals surface area contributed by atoms with Crippen molar-refractivity contribution in [2.24, 2.45) is 5.92 Å². The summed E-state index contributed by atoms with van der Waals surface area (Å²) in [5, 5.41) is 0. The van der Waals surface area contributed by atoms with Gasteiger partial charge in [0, 0.05) is 4.91 Å². The maximum Gasteiger partial charge on any atom is 0.00976 e. The van der Waals surface area contributed by atoms with E-state index in [1.807, 2.05) is 12.2 Å². The third-order valence-electron chi connectivity index (χ3n) is 1.53. The Morgan fingerprint density at radius 3 is 1.91 bits per heavy atom. The molecule has 0 aliphatic carbocycles. The van der Waals surface area contributed by atoms with Crippen LogP contribution < -0.4 is 0 Å². The predicted molar refractivity (Wildman–Crippen MR) is 55.8 cm³/mol. The van der Waals surface area contributed by atoms with E-state index in [-0.39, 0.29) is 0 Å². The van der Waals surface area contributed by atoms with Gasteiger partial charge < -0.3 is 0 Å². The van der Waals surface area contributed by atoms with Crippen LogP contribution in [0.25, 0.3) is 0 Å².